The first-order chi connectivity index (χ1) is 9.36. The first-order valence-electron chi connectivity index (χ1n) is 7.74. The predicted octanol–water partition coefficient (Wildman–Crippen LogP) is 3.68. The molecule has 0 radical (unpaired) electrons. The quantitative estimate of drug-likeness (QED) is 0.456. The number of unbranched alkanes of at least 4 members (excludes halogenated alkanes) is 3. The molecule has 20 heavy (non-hydrogen) atoms. The van der Waals surface area contributed by atoms with Crippen LogP contribution < -0.4 is 0 Å². The third kappa shape index (κ3) is 10.6. The van der Waals surface area contributed by atoms with Crippen LogP contribution in [0.4, 0.5) is 4.53 Å². The highest BCUT2D eigenvalue weighted by Crippen LogP contribution is 2.04. The molecule has 0 amide bonds. The summed E-state index contributed by atoms with van der Waals surface area (Å²) in [5.74, 6) is -0.219. The topological polar surface area (TPSA) is 43.4 Å². The van der Waals surface area contributed by atoms with E-state index in [1.807, 2.05) is 6.92 Å². The Morgan fingerprint density at radius 3 is 1.55 bits per heavy atom. The minimum absolute atomic E-state index is 0.219. The average molecular weight is 314 g/mol. The number of halogens is 1. The van der Waals surface area contributed by atoms with E-state index in [2.05, 4.69) is 32.1 Å². The molecule has 0 unspecified atom stereocenters. The van der Waals surface area contributed by atoms with E-state index in [-0.39, 0.29) is 5.75 Å². The fourth-order valence-corrected chi connectivity index (χ4v) is 2.70. The van der Waals surface area contributed by atoms with Crippen LogP contribution in [0.25, 0.3) is 0 Å². The maximum atomic E-state index is 11.2. The van der Waals surface area contributed by atoms with Crippen molar-refractivity contribution >= 4 is 10.1 Å². The number of hydrogen-bond donors (Lipinski definition) is 0. The Kier molecular flexibility index (Phi) is 13.8. The molecule has 0 aromatic rings. The molecule has 0 aliphatic heterocycles. The zero-order valence-corrected chi connectivity index (χ0v) is 14.6. The third-order valence-electron chi connectivity index (χ3n) is 4.03. The molecule has 6 heteroatoms. The normalized spacial score (nSPS) is 11.9. The monoisotopic (exact) mass is 314 g/mol. The van der Waals surface area contributed by atoms with Crippen molar-refractivity contribution in [2.75, 3.05) is 31.9 Å². The fourth-order valence-electron chi connectivity index (χ4n) is 2.08. The molecule has 0 N–H and O–H groups in total. The van der Waals surface area contributed by atoms with Gasteiger partial charge in [0.15, 0.2) is 0 Å². The lowest BCUT2D eigenvalue weighted by Gasteiger charge is -2.34. The molecular weight excluding hydrogens is 281 g/mol. The lowest BCUT2D eigenvalue weighted by atomic mass is 10.2. The van der Waals surface area contributed by atoms with Crippen molar-refractivity contribution in [2.24, 2.45) is 0 Å². The molecule has 0 aromatic heterocycles. The molecule has 0 bridgehead atoms. The van der Waals surface area contributed by atoms with Gasteiger partial charge in [-0.15, -0.1) is 0 Å². The van der Waals surface area contributed by atoms with Crippen molar-refractivity contribution in [3.63, 3.8) is 0 Å². The standard InChI is InChI=1S/C8H20N.C6H13FO3S/c1-5-9(6-2,7-3)8-4;1-2-3-4-5-6-11(8,9)10-7/h5-8H2,1-4H3;2-6H2,1H3/q+1;. The van der Waals surface area contributed by atoms with Gasteiger partial charge in [-0.2, -0.15) is 8.42 Å². The van der Waals surface area contributed by atoms with Crippen LogP contribution in [0.15, 0.2) is 0 Å². The molecule has 0 aliphatic rings. The third-order valence-corrected chi connectivity index (χ3v) is 5.01. The number of rotatable bonds is 10. The van der Waals surface area contributed by atoms with Crippen molar-refractivity contribution < 1.29 is 21.8 Å². The van der Waals surface area contributed by atoms with E-state index in [1.54, 1.807) is 0 Å². The summed E-state index contributed by atoms with van der Waals surface area (Å²) in [5.41, 5.74) is 0. The first-order valence-corrected chi connectivity index (χ1v) is 9.32. The Morgan fingerprint density at radius 1 is 0.850 bits per heavy atom. The summed E-state index contributed by atoms with van der Waals surface area (Å²) < 4.78 is 36.0. The second kappa shape index (κ2) is 12.5. The summed E-state index contributed by atoms with van der Waals surface area (Å²) in [7, 11) is -3.87. The second-order valence-electron chi connectivity index (χ2n) is 4.99. The van der Waals surface area contributed by atoms with Gasteiger partial charge < -0.3 is 4.48 Å². The maximum Gasteiger partial charge on any atom is 0.297 e. The summed E-state index contributed by atoms with van der Waals surface area (Å²) >= 11 is 0. The van der Waals surface area contributed by atoms with E-state index in [0.717, 1.165) is 19.3 Å². The molecule has 0 heterocycles. The van der Waals surface area contributed by atoms with Gasteiger partial charge in [-0.1, -0.05) is 30.6 Å². The summed E-state index contributed by atoms with van der Waals surface area (Å²) in [5, 5.41) is 0. The van der Waals surface area contributed by atoms with E-state index in [0.29, 0.717) is 6.42 Å². The smallest absolute Gasteiger partial charge is 0.297 e. The average Bonchev–Trinajstić information content (AvgIpc) is 2.47. The van der Waals surface area contributed by atoms with Crippen molar-refractivity contribution in [1.29, 1.82) is 0 Å². The molecule has 0 aliphatic carbocycles. The van der Waals surface area contributed by atoms with E-state index in [9.17, 15) is 12.9 Å². The highest BCUT2D eigenvalue weighted by atomic mass is 32.2. The van der Waals surface area contributed by atoms with E-state index < -0.39 is 10.1 Å². The number of hydrogen-bond acceptors (Lipinski definition) is 3. The number of quaternary nitrogens is 1. The molecule has 0 spiro atoms. The summed E-state index contributed by atoms with van der Waals surface area (Å²) in [4.78, 5) is 0. The predicted molar refractivity (Wildman–Crippen MR) is 82.5 cm³/mol. The Morgan fingerprint density at radius 2 is 1.30 bits per heavy atom. The Balaban J connectivity index is 0. The van der Waals surface area contributed by atoms with Gasteiger partial charge in [0.05, 0.1) is 31.9 Å². The largest absolute Gasteiger partial charge is 0.325 e. The van der Waals surface area contributed by atoms with Gasteiger partial charge in [0.1, 0.15) is 0 Å². The second-order valence-corrected chi connectivity index (χ2v) is 6.64. The van der Waals surface area contributed by atoms with Crippen LogP contribution in [0.2, 0.25) is 0 Å². The van der Waals surface area contributed by atoms with Crippen molar-refractivity contribution in [2.45, 2.75) is 60.3 Å². The van der Waals surface area contributed by atoms with Gasteiger partial charge in [-0.3, -0.25) is 0 Å². The molecule has 0 saturated carbocycles. The number of nitrogens with zero attached hydrogens (tertiary/aromatic N) is 1. The van der Waals surface area contributed by atoms with Gasteiger partial charge in [-0.25, -0.2) is 0 Å². The van der Waals surface area contributed by atoms with Crippen molar-refractivity contribution in [3.05, 3.63) is 0 Å². The minimum Gasteiger partial charge on any atom is -0.325 e. The van der Waals surface area contributed by atoms with Crippen LogP contribution >= 0.6 is 0 Å². The summed E-state index contributed by atoms with van der Waals surface area (Å²) in [6, 6.07) is 0. The highest BCUT2D eigenvalue weighted by molar-refractivity contribution is 7.86. The van der Waals surface area contributed by atoms with Crippen molar-refractivity contribution in [1.82, 2.24) is 0 Å². The Labute approximate surface area is 124 Å². The molecule has 0 aromatic carbocycles. The zero-order chi connectivity index (χ0) is 16.1. The Bertz CT molecular complexity index is 286. The molecular formula is C14H33FNO3S+. The maximum absolute atomic E-state index is 11.2. The molecule has 124 valence electrons. The Hall–Kier alpha value is -0.200. The van der Waals surface area contributed by atoms with Crippen LogP contribution in [0, 0.1) is 0 Å². The molecule has 0 saturated heterocycles. The summed E-state index contributed by atoms with van der Waals surface area (Å²) in [6.45, 7) is 16.2. The lowest BCUT2D eigenvalue weighted by molar-refractivity contribution is -0.921. The lowest BCUT2D eigenvalue weighted by Crippen LogP contribution is -2.47. The highest BCUT2D eigenvalue weighted by Gasteiger charge is 2.16. The zero-order valence-electron chi connectivity index (χ0n) is 13.8. The molecule has 0 fully saturated rings. The van der Waals surface area contributed by atoms with E-state index in [4.69, 9.17) is 0 Å². The minimum atomic E-state index is -3.87. The van der Waals surface area contributed by atoms with E-state index >= 15 is 0 Å². The van der Waals surface area contributed by atoms with Gasteiger partial charge in [-0.05, 0) is 38.6 Å². The van der Waals surface area contributed by atoms with Crippen LogP contribution in [0.1, 0.15) is 60.3 Å². The fraction of sp³-hybridized carbons (Fsp3) is 1.00. The van der Waals surface area contributed by atoms with Gasteiger partial charge in [0, 0.05) is 0 Å². The van der Waals surface area contributed by atoms with E-state index in [1.165, 1.54) is 30.7 Å². The molecule has 4 nitrogen and oxygen atoms in total. The van der Waals surface area contributed by atoms with Crippen molar-refractivity contribution in [3.8, 4) is 0 Å². The molecule has 0 atom stereocenters. The van der Waals surface area contributed by atoms with Gasteiger partial charge >= 0.3 is 0 Å². The SMILES string of the molecule is CCCCCCS(=O)(=O)OF.CC[N+](CC)(CC)CC. The van der Waals surface area contributed by atoms with Crippen LogP contribution in [-0.4, -0.2) is 44.8 Å². The van der Waals surface area contributed by atoms with Crippen LogP contribution in [0.3, 0.4) is 0 Å². The van der Waals surface area contributed by atoms with Crippen LogP contribution in [0.5, 0.6) is 0 Å². The first kappa shape index (κ1) is 22.1. The molecule has 0 rings (SSSR count). The van der Waals surface area contributed by atoms with Gasteiger partial charge in [0.25, 0.3) is 10.1 Å². The van der Waals surface area contributed by atoms with Gasteiger partial charge in [0.2, 0.25) is 0 Å². The summed E-state index contributed by atoms with van der Waals surface area (Å²) in [6.07, 6.45) is 3.28. The van der Waals surface area contributed by atoms with Crippen LogP contribution in [-0.2, 0) is 14.5 Å².